The molecule has 20 heavy (non-hydrogen) atoms. The Kier molecular flexibility index (Phi) is 2.48. The van der Waals surface area contributed by atoms with Crippen molar-refractivity contribution < 1.29 is 8.94 Å². The number of hydrogen-bond donors (Lipinski definition) is 0. The lowest BCUT2D eigenvalue weighted by Crippen LogP contribution is -1.98. The van der Waals surface area contributed by atoms with Gasteiger partial charge in [0, 0.05) is 30.8 Å². The van der Waals surface area contributed by atoms with Crippen molar-refractivity contribution in [3.63, 3.8) is 0 Å². The first-order valence-electron chi connectivity index (χ1n) is 6.62. The molecule has 2 atom stereocenters. The number of aryl methyl sites for hydroxylation is 1. The average Bonchev–Trinajstić information content (AvgIpc) is 2.90. The summed E-state index contributed by atoms with van der Waals surface area (Å²) in [6, 6.07) is 3.91. The highest BCUT2D eigenvalue weighted by Gasteiger charge is 2.45. The van der Waals surface area contributed by atoms with Crippen LogP contribution >= 0.6 is 0 Å². The second-order valence-electron chi connectivity index (χ2n) is 5.19. The second-order valence-corrected chi connectivity index (χ2v) is 5.19. The first-order chi connectivity index (χ1) is 9.81. The zero-order valence-corrected chi connectivity index (χ0v) is 11.1. The molecule has 0 N–H and O–H groups in total. The molecule has 3 aromatic heterocycles. The van der Waals surface area contributed by atoms with Gasteiger partial charge < -0.3 is 13.5 Å². The van der Waals surface area contributed by atoms with Crippen LogP contribution in [0.25, 0.3) is 0 Å². The van der Waals surface area contributed by atoms with Crippen LogP contribution in [0.2, 0.25) is 0 Å². The van der Waals surface area contributed by atoms with Crippen LogP contribution in [0.3, 0.4) is 0 Å². The Bertz CT molecular complexity index is 713. The van der Waals surface area contributed by atoms with Crippen LogP contribution in [-0.4, -0.2) is 19.7 Å². The fourth-order valence-electron chi connectivity index (χ4n) is 2.49. The van der Waals surface area contributed by atoms with E-state index < -0.39 is 0 Å². The molecule has 1 saturated carbocycles. The molecule has 1 aliphatic carbocycles. The largest absolute Gasteiger partial charge is 0.469 e. The van der Waals surface area contributed by atoms with Gasteiger partial charge in [0.1, 0.15) is 5.76 Å². The fraction of sp³-hybridized carbons (Fsp3) is 0.357. The quantitative estimate of drug-likeness (QED) is 0.727. The van der Waals surface area contributed by atoms with Crippen LogP contribution in [0.5, 0.6) is 0 Å². The molecule has 3 heterocycles. The summed E-state index contributed by atoms with van der Waals surface area (Å²) >= 11 is 0. The lowest BCUT2D eigenvalue weighted by Gasteiger charge is -1.96. The van der Waals surface area contributed by atoms with E-state index in [0.717, 1.165) is 17.9 Å². The summed E-state index contributed by atoms with van der Waals surface area (Å²) in [6.07, 6.45) is 6.94. The SMILES string of the molecule is Cn1cncc1Cc1noc(C2CC2c2ccco2)n1. The monoisotopic (exact) mass is 270 g/mol. The molecule has 3 aromatic rings. The van der Waals surface area contributed by atoms with Crippen molar-refractivity contribution in [2.45, 2.75) is 24.7 Å². The van der Waals surface area contributed by atoms with Crippen LogP contribution in [0.1, 0.15) is 41.4 Å². The number of nitrogens with zero attached hydrogens (tertiary/aromatic N) is 4. The molecular formula is C14H14N4O2. The van der Waals surface area contributed by atoms with Gasteiger partial charge in [-0.1, -0.05) is 5.16 Å². The summed E-state index contributed by atoms with van der Waals surface area (Å²) < 4.78 is 12.7. The summed E-state index contributed by atoms with van der Waals surface area (Å²) in [7, 11) is 1.96. The summed E-state index contributed by atoms with van der Waals surface area (Å²) in [5.74, 6) is 3.10. The van der Waals surface area contributed by atoms with Crippen molar-refractivity contribution in [2.24, 2.45) is 7.05 Å². The number of hydrogen-bond acceptors (Lipinski definition) is 5. The van der Waals surface area contributed by atoms with E-state index in [4.69, 9.17) is 8.94 Å². The van der Waals surface area contributed by atoms with E-state index >= 15 is 0 Å². The molecule has 0 aromatic carbocycles. The molecule has 0 saturated heterocycles. The zero-order chi connectivity index (χ0) is 13.5. The maximum atomic E-state index is 5.42. The Labute approximate surface area is 115 Å². The van der Waals surface area contributed by atoms with Crippen LogP contribution in [0, 0.1) is 0 Å². The molecule has 1 fully saturated rings. The van der Waals surface area contributed by atoms with Gasteiger partial charge in [-0.3, -0.25) is 0 Å². The number of furan rings is 1. The second kappa shape index (κ2) is 4.33. The Hall–Kier alpha value is -2.37. The molecule has 0 radical (unpaired) electrons. The molecular weight excluding hydrogens is 256 g/mol. The fourth-order valence-corrected chi connectivity index (χ4v) is 2.49. The summed E-state index contributed by atoms with van der Waals surface area (Å²) in [4.78, 5) is 8.57. The standard InChI is InChI=1S/C14H14N4O2/c1-18-8-15-7-9(18)5-13-16-14(20-17-13)11-6-10(11)12-3-2-4-19-12/h2-4,7-8,10-11H,5-6H2,1H3. The molecule has 0 amide bonds. The van der Waals surface area contributed by atoms with Gasteiger partial charge >= 0.3 is 0 Å². The minimum atomic E-state index is 0.300. The summed E-state index contributed by atoms with van der Waals surface area (Å²) in [5, 5.41) is 4.05. The highest BCUT2D eigenvalue weighted by molar-refractivity contribution is 5.23. The Morgan fingerprint density at radius 1 is 1.40 bits per heavy atom. The molecule has 6 heteroatoms. The van der Waals surface area contributed by atoms with Crippen LogP contribution < -0.4 is 0 Å². The smallest absolute Gasteiger partial charge is 0.230 e. The van der Waals surface area contributed by atoms with Crippen molar-refractivity contribution in [2.75, 3.05) is 0 Å². The van der Waals surface area contributed by atoms with Gasteiger partial charge in [0.05, 0.1) is 19.0 Å². The Morgan fingerprint density at radius 2 is 2.35 bits per heavy atom. The van der Waals surface area contributed by atoms with Gasteiger partial charge in [-0.05, 0) is 18.6 Å². The van der Waals surface area contributed by atoms with Crippen LogP contribution in [0.15, 0.2) is 39.9 Å². The number of aromatic nitrogens is 4. The maximum Gasteiger partial charge on any atom is 0.230 e. The van der Waals surface area contributed by atoms with Gasteiger partial charge in [-0.2, -0.15) is 4.98 Å². The normalized spacial score (nSPS) is 21.2. The number of imidazole rings is 1. The summed E-state index contributed by atoms with van der Waals surface area (Å²) in [5.41, 5.74) is 1.07. The molecule has 0 spiro atoms. The average molecular weight is 270 g/mol. The van der Waals surface area contributed by atoms with Crippen LogP contribution in [0.4, 0.5) is 0 Å². The van der Waals surface area contributed by atoms with E-state index in [0.29, 0.717) is 30.0 Å². The molecule has 4 rings (SSSR count). The zero-order valence-electron chi connectivity index (χ0n) is 11.1. The van der Waals surface area contributed by atoms with Crippen LogP contribution in [-0.2, 0) is 13.5 Å². The van der Waals surface area contributed by atoms with Crippen molar-refractivity contribution in [1.29, 1.82) is 0 Å². The highest BCUT2D eigenvalue weighted by atomic mass is 16.5. The van der Waals surface area contributed by atoms with Gasteiger partial charge in [0.15, 0.2) is 5.82 Å². The third kappa shape index (κ3) is 1.93. The predicted octanol–water partition coefficient (Wildman–Crippen LogP) is 2.26. The van der Waals surface area contributed by atoms with Gasteiger partial charge in [0.2, 0.25) is 5.89 Å². The van der Waals surface area contributed by atoms with E-state index in [2.05, 4.69) is 15.1 Å². The minimum absolute atomic E-state index is 0.300. The molecule has 102 valence electrons. The molecule has 2 unspecified atom stereocenters. The molecule has 0 bridgehead atoms. The predicted molar refractivity (Wildman–Crippen MR) is 69.1 cm³/mol. The van der Waals surface area contributed by atoms with Crippen molar-refractivity contribution >= 4 is 0 Å². The maximum absolute atomic E-state index is 5.42. The van der Waals surface area contributed by atoms with Crippen molar-refractivity contribution in [3.05, 3.63) is 54.1 Å². The minimum Gasteiger partial charge on any atom is -0.469 e. The van der Waals surface area contributed by atoms with Gasteiger partial charge in [-0.25, -0.2) is 4.98 Å². The molecule has 0 aliphatic heterocycles. The first-order valence-corrected chi connectivity index (χ1v) is 6.62. The third-order valence-electron chi connectivity index (χ3n) is 3.76. The number of rotatable bonds is 4. The summed E-state index contributed by atoms with van der Waals surface area (Å²) in [6.45, 7) is 0. The van der Waals surface area contributed by atoms with Crippen molar-refractivity contribution in [1.82, 2.24) is 19.7 Å². The lowest BCUT2D eigenvalue weighted by atomic mass is 10.2. The first kappa shape index (κ1) is 11.5. The lowest BCUT2D eigenvalue weighted by molar-refractivity contribution is 0.371. The van der Waals surface area contributed by atoms with E-state index in [9.17, 15) is 0 Å². The van der Waals surface area contributed by atoms with Gasteiger partial charge in [0.25, 0.3) is 0 Å². The molecule has 1 aliphatic rings. The van der Waals surface area contributed by atoms with Gasteiger partial charge in [-0.15, -0.1) is 0 Å². The van der Waals surface area contributed by atoms with Crippen molar-refractivity contribution in [3.8, 4) is 0 Å². The third-order valence-corrected chi connectivity index (χ3v) is 3.76. The van der Waals surface area contributed by atoms with E-state index in [-0.39, 0.29) is 0 Å². The van der Waals surface area contributed by atoms with E-state index in [1.807, 2.05) is 29.9 Å². The highest BCUT2D eigenvalue weighted by Crippen LogP contribution is 2.54. The molecule has 6 nitrogen and oxygen atoms in total. The Balaban J connectivity index is 1.48. The topological polar surface area (TPSA) is 69.9 Å². The Morgan fingerprint density at radius 3 is 3.10 bits per heavy atom. The van der Waals surface area contributed by atoms with E-state index in [1.165, 1.54) is 0 Å². The van der Waals surface area contributed by atoms with E-state index in [1.54, 1.807) is 12.6 Å².